The molecule has 1 unspecified atom stereocenters. The van der Waals surface area contributed by atoms with Crippen molar-refractivity contribution in [2.24, 2.45) is 0 Å². The van der Waals surface area contributed by atoms with E-state index in [9.17, 15) is 22.8 Å². The normalized spacial score (nSPS) is 18.9. The van der Waals surface area contributed by atoms with Gasteiger partial charge in [0, 0.05) is 29.9 Å². The molecule has 10 nitrogen and oxygen atoms in total. The van der Waals surface area contributed by atoms with Gasteiger partial charge in [0.15, 0.2) is 0 Å². The van der Waals surface area contributed by atoms with Crippen LogP contribution in [-0.4, -0.2) is 80.7 Å². The predicted octanol–water partition coefficient (Wildman–Crippen LogP) is 2.39. The highest BCUT2D eigenvalue weighted by molar-refractivity contribution is 8.13. The summed E-state index contributed by atoms with van der Waals surface area (Å²) in [7, 11) is -2.65. The van der Waals surface area contributed by atoms with Gasteiger partial charge in [-0.1, -0.05) is 6.07 Å². The zero-order chi connectivity index (χ0) is 26.9. The Kier molecular flexibility index (Phi) is 11.5. The van der Waals surface area contributed by atoms with Crippen LogP contribution in [0.4, 0.5) is 4.79 Å². The third-order valence-electron chi connectivity index (χ3n) is 5.16. The molecule has 3 N–H and O–H groups in total. The summed E-state index contributed by atoms with van der Waals surface area (Å²) >= 11 is 2.64. The van der Waals surface area contributed by atoms with Gasteiger partial charge in [-0.25, -0.2) is 22.7 Å². The fourth-order valence-corrected chi connectivity index (χ4v) is 6.08. The summed E-state index contributed by atoms with van der Waals surface area (Å²) in [6, 6.07) is 4.64. The van der Waals surface area contributed by atoms with Crippen LogP contribution in [0.2, 0.25) is 0 Å². The van der Waals surface area contributed by atoms with Crippen molar-refractivity contribution in [1.82, 2.24) is 15.4 Å². The number of hydrogen-bond donors (Lipinski definition) is 3. The highest BCUT2D eigenvalue weighted by atomic mass is 32.2. The third-order valence-corrected chi connectivity index (χ3v) is 8.20. The van der Waals surface area contributed by atoms with E-state index in [2.05, 4.69) is 15.4 Å². The molecule has 36 heavy (non-hydrogen) atoms. The lowest BCUT2D eigenvalue weighted by molar-refractivity contribution is -0.142. The molecule has 0 aliphatic carbocycles. The molecule has 1 aromatic rings. The molecule has 0 bridgehead atoms. The van der Waals surface area contributed by atoms with Crippen LogP contribution < -0.4 is 15.4 Å². The van der Waals surface area contributed by atoms with E-state index >= 15 is 0 Å². The van der Waals surface area contributed by atoms with Gasteiger partial charge in [-0.05, 0) is 75.6 Å². The molecule has 0 spiro atoms. The Morgan fingerprint density at radius 3 is 2.61 bits per heavy atom. The van der Waals surface area contributed by atoms with Gasteiger partial charge >= 0.3 is 11.3 Å². The van der Waals surface area contributed by atoms with Crippen molar-refractivity contribution >= 4 is 50.7 Å². The molecule has 2 rings (SSSR count). The zero-order valence-electron chi connectivity index (χ0n) is 21.2. The molecule has 0 saturated carbocycles. The van der Waals surface area contributed by atoms with Crippen LogP contribution >= 0.6 is 23.5 Å². The van der Waals surface area contributed by atoms with Crippen molar-refractivity contribution in [3.63, 3.8) is 0 Å². The second-order valence-electron chi connectivity index (χ2n) is 9.26. The minimum atomic E-state index is -3.90. The number of rotatable bonds is 11. The van der Waals surface area contributed by atoms with Crippen molar-refractivity contribution in [2.45, 2.75) is 61.4 Å². The van der Waals surface area contributed by atoms with Crippen LogP contribution in [0.25, 0.3) is 0 Å². The lowest BCUT2D eigenvalue weighted by Crippen LogP contribution is -2.42. The first-order valence-corrected chi connectivity index (χ1v) is 15.2. The standard InChI is InChI=1S/C23H35N3O7S3/c1-23(2,3)33-22(29)35-17-12-16(24-14-17)13-25-36(30,31)18-8-6-7-15(11-18)20(27)26-19(9-10-34-5)21(28)32-4/h6-8,11,16-17,19,24-25H,9-10,12-14H2,1-5H3,(H,26,27)/t16-,17-,19?/m0/s1. The molecule has 1 aliphatic heterocycles. The fraction of sp³-hybridized carbons (Fsp3) is 0.609. The van der Waals surface area contributed by atoms with Crippen LogP contribution in [0, 0.1) is 0 Å². The Morgan fingerprint density at radius 1 is 1.25 bits per heavy atom. The summed E-state index contributed by atoms with van der Waals surface area (Å²) in [5, 5.41) is 5.46. The van der Waals surface area contributed by atoms with Crippen LogP contribution in [-0.2, 0) is 24.3 Å². The number of benzene rings is 1. The number of esters is 1. The molecule has 3 atom stereocenters. The molecule has 13 heteroatoms. The summed E-state index contributed by atoms with van der Waals surface area (Å²) in [4.78, 5) is 36.6. The van der Waals surface area contributed by atoms with Gasteiger partial charge in [-0.3, -0.25) is 4.79 Å². The van der Waals surface area contributed by atoms with E-state index in [1.165, 1.54) is 43.1 Å². The maximum absolute atomic E-state index is 12.9. The molecule has 1 amide bonds. The van der Waals surface area contributed by atoms with Crippen molar-refractivity contribution in [3.05, 3.63) is 29.8 Å². The number of sulfonamides is 1. The van der Waals surface area contributed by atoms with E-state index < -0.39 is 33.5 Å². The Balaban J connectivity index is 1.95. The van der Waals surface area contributed by atoms with Gasteiger partial charge in [-0.2, -0.15) is 11.8 Å². The number of carbonyl (C=O) groups excluding carboxylic acids is 3. The van der Waals surface area contributed by atoms with Crippen molar-refractivity contribution in [1.29, 1.82) is 0 Å². The maximum Gasteiger partial charge on any atom is 0.368 e. The molecule has 0 radical (unpaired) electrons. The second kappa shape index (κ2) is 13.7. The summed E-state index contributed by atoms with van der Waals surface area (Å²) in [5.41, 5.74) is -0.450. The quantitative estimate of drug-likeness (QED) is 0.345. The summed E-state index contributed by atoms with van der Waals surface area (Å²) in [5.74, 6) is -0.483. The first-order chi connectivity index (χ1) is 16.8. The van der Waals surface area contributed by atoms with E-state index in [-0.39, 0.29) is 33.6 Å². The van der Waals surface area contributed by atoms with Gasteiger partial charge in [0.1, 0.15) is 11.6 Å². The SMILES string of the molecule is COC(=O)C(CCSC)NC(=O)c1cccc(S(=O)(=O)NC[C@@H]2C[C@H](SC(=O)OC(C)(C)C)CN2)c1. The number of hydrogen-bond acceptors (Lipinski definition) is 10. The van der Waals surface area contributed by atoms with Gasteiger partial charge in [0.05, 0.1) is 12.0 Å². The monoisotopic (exact) mass is 561 g/mol. The number of nitrogens with one attached hydrogen (secondary N) is 3. The Morgan fingerprint density at radius 2 is 1.97 bits per heavy atom. The van der Waals surface area contributed by atoms with Crippen LogP contribution in [0.5, 0.6) is 0 Å². The maximum atomic E-state index is 12.9. The van der Waals surface area contributed by atoms with E-state index in [1.807, 2.05) is 6.26 Å². The molecular weight excluding hydrogens is 526 g/mol. The van der Waals surface area contributed by atoms with E-state index in [0.29, 0.717) is 25.1 Å². The second-order valence-corrected chi connectivity index (χ2v) is 13.2. The van der Waals surface area contributed by atoms with Crippen molar-refractivity contribution < 1.29 is 32.3 Å². The Hall–Kier alpha value is -1.80. The summed E-state index contributed by atoms with van der Waals surface area (Å²) in [6.45, 7) is 6.10. The van der Waals surface area contributed by atoms with Gasteiger partial charge in [0.2, 0.25) is 10.0 Å². The highest BCUT2D eigenvalue weighted by Gasteiger charge is 2.30. The van der Waals surface area contributed by atoms with Crippen molar-refractivity contribution in [2.75, 3.05) is 32.2 Å². The number of methoxy groups -OCH3 is 1. The van der Waals surface area contributed by atoms with E-state index in [4.69, 9.17) is 9.47 Å². The number of ether oxygens (including phenoxy) is 2. The topological polar surface area (TPSA) is 140 Å². The molecule has 1 aromatic carbocycles. The average molecular weight is 562 g/mol. The first-order valence-electron chi connectivity index (χ1n) is 11.4. The summed E-state index contributed by atoms with van der Waals surface area (Å²) in [6.07, 6.45) is 2.87. The minimum absolute atomic E-state index is 0.0183. The lowest BCUT2D eigenvalue weighted by atomic mass is 10.1. The van der Waals surface area contributed by atoms with Crippen LogP contribution in [0.15, 0.2) is 29.2 Å². The lowest BCUT2D eigenvalue weighted by Gasteiger charge is -2.20. The summed E-state index contributed by atoms with van der Waals surface area (Å²) < 4.78 is 38.4. The van der Waals surface area contributed by atoms with Gasteiger partial charge in [-0.15, -0.1) is 0 Å². The number of carbonyl (C=O) groups is 3. The molecular formula is C23H35N3O7S3. The predicted molar refractivity (Wildman–Crippen MR) is 142 cm³/mol. The molecule has 0 aromatic heterocycles. The Bertz CT molecular complexity index is 1030. The molecule has 1 heterocycles. The van der Waals surface area contributed by atoms with E-state index in [0.717, 1.165) is 11.8 Å². The average Bonchev–Trinajstić information content (AvgIpc) is 3.25. The largest absolute Gasteiger partial charge is 0.467 e. The van der Waals surface area contributed by atoms with Gasteiger partial charge in [0.25, 0.3) is 5.91 Å². The molecule has 1 saturated heterocycles. The van der Waals surface area contributed by atoms with Crippen molar-refractivity contribution in [3.8, 4) is 0 Å². The number of amides is 1. The zero-order valence-corrected chi connectivity index (χ0v) is 23.6. The fourth-order valence-electron chi connectivity index (χ4n) is 3.40. The number of thioether (sulfide) groups is 2. The van der Waals surface area contributed by atoms with Gasteiger partial charge < -0.3 is 20.1 Å². The van der Waals surface area contributed by atoms with Crippen LogP contribution in [0.1, 0.15) is 44.0 Å². The molecule has 1 aliphatic rings. The smallest absolute Gasteiger partial charge is 0.368 e. The third kappa shape index (κ3) is 9.92. The molecule has 1 fully saturated rings. The van der Waals surface area contributed by atoms with E-state index in [1.54, 1.807) is 20.8 Å². The Labute approximate surface area is 221 Å². The highest BCUT2D eigenvalue weighted by Crippen LogP contribution is 2.25. The minimum Gasteiger partial charge on any atom is -0.467 e. The first kappa shape index (κ1) is 30.4. The van der Waals surface area contributed by atoms with Crippen LogP contribution in [0.3, 0.4) is 0 Å². The molecule has 202 valence electrons.